The molecule has 0 aliphatic carbocycles. The fourth-order valence-corrected chi connectivity index (χ4v) is 4.27. The fraction of sp³-hybridized carbons (Fsp3) is 0.259. The van der Waals surface area contributed by atoms with Crippen LogP contribution in [0.1, 0.15) is 21.5 Å². The number of rotatable bonds is 5. The molecule has 0 N–H and O–H groups in total. The van der Waals surface area contributed by atoms with E-state index in [4.69, 9.17) is 16.3 Å². The number of nitriles is 1. The van der Waals surface area contributed by atoms with Gasteiger partial charge in [0.1, 0.15) is 24.3 Å². The minimum Gasteiger partial charge on any atom is -0.444 e. The number of halogens is 2. The molecule has 0 radical (unpaired) electrons. The zero-order chi connectivity index (χ0) is 26.5. The van der Waals surface area contributed by atoms with Crippen molar-refractivity contribution in [1.29, 1.82) is 5.26 Å². The van der Waals surface area contributed by atoms with Crippen molar-refractivity contribution in [3.8, 4) is 17.2 Å². The number of carbonyl (C=O) groups is 2. The number of ether oxygens (including phenoxy) is 1. The second-order valence-electron chi connectivity index (χ2n) is 8.72. The van der Waals surface area contributed by atoms with Crippen LogP contribution in [0, 0.1) is 17.1 Å². The largest absolute Gasteiger partial charge is 0.444 e. The van der Waals surface area contributed by atoms with Gasteiger partial charge in [0, 0.05) is 57.6 Å². The average molecular weight is 522 g/mol. The van der Waals surface area contributed by atoms with E-state index in [1.54, 1.807) is 67.7 Å². The van der Waals surface area contributed by atoms with Gasteiger partial charge in [0.15, 0.2) is 0 Å². The van der Waals surface area contributed by atoms with Crippen molar-refractivity contribution >= 4 is 29.4 Å². The maximum Gasteiger partial charge on any atom is 0.410 e. The lowest BCUT2D eigenvalue weighted by atomic mass is 10.0. The molecule has 2 amide bonds. The molecule has 1 fully saturated rings. The van der Waals surface area contributed by atoms with Gasteiger partial charge in [0.2, 0.25) is 0 Å². The van der Waals surface area contributed by atoms with Crippen LogP contribution in [0.25, 0.3) is 11.1 Å². The highest BCUT2D eigenvalue weighted by molar-refractivity contribution is 6.34. The minimum absolute atomic E-state index is 0.137. The Morgan fingerprint density at radius 2 is 1.84 bits per heavy atom. The number of pyridine rings is 1. The zero-order valence-electron chi connectivity index (χ0n) is 20.4. The second-order valence-corrected chi connectivity index (χ2v) is 9.13. The molecule has 8 nitrogen and oxygen atoms in total. The Balaban J connectivity index is 1.41. The fourth-order valence-electron chi connectivity index (χ4n) is 4.01. The Labute approximate surface area is 219 Å². The van der Waals surface area contributed by atoms with E-state index < -0.39 is 11.9 Å². The van der Waals surface area contributed by atoms with Crippen LogP contribution < -0.4 is 4.90 Å². The lowest BCUT2D eigenvalue weighted by molar-refractivity contribution is 0.0827. The van der Waals surface area contributed by atoms with E-state index >= 15 is 0 Å². The lowest BCUT2D eigenvalue weighted by Crippen LogP contribution is -2.49. The summed E-state index contributed by atoms with van der Waals surface area (Å²) in [6.45, 7) is 1.54. The Morgan fingerprint density at radius 3 is 2.49 bits per heavy atom. The Hall–Kier alpha value is -4.16. The number of piperazine rings is 1. The molecule has 10 heteroatoms. The quantitative estimate of drug-likeness (QED) is 0.488. The molecule has 4 rings (SSSR count). The van der Waals surface area contributed by atoms with E-state index in [0.717, 1.165) is 5.56 Å². The molecule has 1 aliphatic rings. The monoisotopic (exact) mass is 521 g/mol. The normalized spacial score (nSPS) is 13.2. The van der Waals surface area contributed by atoms with Gasteiger partial charge in [-0.2, -0.15) is 5.26 Å². The van der Waals surface area contributed by atoms with Crippen molar-refractivity contribution < 1.29 is 18.7 Å². The van der Waals surface area contributed by atoms with E-state index in [2.05, 4.69) is 11.1 Å². The molecule has 0 spiro atoms. The number of amides is 2. The van der Waals surface area contributed by atoms with E-state index in [1.807, 2.05) is 4.90 Å². The van der Waals surface area contributed by atoms with Crippen molar-refractivity contribution in [2.24, 2.45) is 0 Å². The summed E-state index contributed by atoms with van der Waals surface area (Å²) in [5.41, 5.74) is 2.53. The van der Waals surface area contributed by atoms with Crippen LogP contribution in [-0.4, -0.2) is 67.1 Å². The molecule has 2 aromatic carbocycles. The third-order valence-electron chi connectivity index (χ3n) is 6.07. The predicted octanol–water partition coefficient (Wildman–Crippen LogP) is 4.57. The van der Waals surface area contributed by atoms with Gasteiger partial charge in [-0.25, -0.2) is 14.2 Å². The third-order valence-corrected chi connectivity index (χ3v) is 6.39. The number of hydrogen-bond donors (Lipinski definition) is 0. The molecule has 0 saturated carbocycles. The van der Waals surface area contributed by atoms with Gasteiger partial charge in [-0.15, -0.1) is 0 Å². The van der Waals surface area contributed by atoms with Crippen LogP contribution in [0.15, 0.2) is 54.7 Å². The van der Waals surface area contributed by atoms with Gasteiger partial charge in [-0.05, 0) is 29.8 Å². The molecule has 190 valence electrons. The summed E-state index contributed by atoms with van der Waals surface area (Å²) in [5.74, 6) is -0.0898. The number of anilines is 1. The molecule has 1 saturated heterocycles. The molecule has 0 bridgehead atoms. The van der Waals surface area contributed by atoms with Crippen molar-refractivity contribution in [1.82, 2.24) is 14.8 Å². The predicted molar refractivity (Wildman–Crippen MR) is 138 cm³/mol. The summed E-state index contributed by atoms with van der Waals surface area (Å²) in [6.07, 6.45) is 1.14. The standard InChI is InChI=1S/C27H25ClFN5O3/c1-32(2)26(35)22-8-7-18(14-23(22)28)21-13-20(15-30)25(31-16-21)33-9-11-34(12-10-33)27(36)37-17-19-5-3-4-6-24(19)29/h3-8,13-14,16H,9-12,17H2,1-2H3. The van der Waals surface area contributed by atoms with Crippen LogP contribution in [0.5, 0.6) is 0 Å². The van der Waals surface area contributed by atoms with Crippen molar-refractivity contribution in [2.75, 3.05) is 45.2 Å². The Morgan fingerprint density at radius 1 is 1.11 bits per heavy atom. The highest BCUT2D eigenvalue weighted by Gasteiger charge is 2.25. The topological polar surface area (TPSA) is 89.8 Å². The summed E-state index contributed by atoms with van der Waals surface area (Å²) >= 11 is 6.35. The maximum absolute atomic E-state index is 13.8. The van der Waals surface area contributed by atoms with Gasteiger partial charge < -0.3 is 19.4 Å². The SMILES string of the molecule is CN(C)C(=O)c1ccc(-c2cnc(N3CCN(C(=O)OCc4ccccc4F)CC3)c(C#N)c2)cc1Cl. The summed E-state index contributed by atoms with van der Waals surface area (Å²) in [5, 5.41) is 10.1. The first-order chi connectivity index (χ1) is 17.8. The van der Waals surface area contributed by atoms with E-state index in [0.29, 0.717) is 59.3 Å². The first-order valence-electron chi connectivity index (χ1n) is 11.6. The Kier molecular flexibility index (Phi) is 7.89. The number of aromatic nitrogens is 1. The third kappa shape index (κ3) is 5.81. The molecule has 37 heavy (non-hydrogen) atoms. The van der Waals surface area contributed by atoms with Crippen molar-refractivity contribution in [2.45, 2.75) is 6.61 Å². The van der Waals surface area contributed by atoms with Crippen LogP contribution >= 0.6 is 11.6 Å². The van der Waals surface area contributed by atoms with Gasteiger partial charge in [0.05, 0.1) is 16.1 Å². The van der Waals surface area contributed by atoms with Crippen LogP contribution in [0.2, 0.25) is 5.02 Å². The lowest BCUT2D eigenvalue weighted by Gasteiger charge is -2.35. The molecular weight excluding hydrogens is 497 g/mol. The number of benzene rings is 2. The first-order valence-corrected chi connectivity index (χ1v) is 12.0. The molecule has 2 heterocycles. The summed E-state index contributed by atoms with van der Waals surface area (Å²) in [7, 11) is 3.31. The number of hydrogen-bond acceptors (Lipinski definition) is 6. The highest BCUT2D eigenvalue weighted by atomic mass is 35.5. The van der Waals surface area contributed by atoms with Crippen LogP contribution in [-0.2, 0) is 11.3 Å². The summed E-state index contributed by atoms with van der Waals surface area (Å²) in [4.78, 5) is 34.2. The molecule has 1 aromatic heterocycles. The van der Waals surface area contributed by atoms with Gasteiger partial charge >= 0.3 is 6.09 Å². The van der Waals surface area contributed by atoms with Gasteiger partial charge in [0.25, 0.3) is 5.91 Å². The highest BCUT2D eigenvalue weighted by Crippen LogP contribution is 2.29. The van der Waals surface area contributed by atoms with Crippen LogP contribution in [0.3, 0.4) is 0 Å². The molecule has 0 unspecified atom stereocenters. The number of carbonyl (C=O) groups excluding carboxylic acids is 2. The van der Waals surface area contributed by atoms with Crippen LogP contribution in [0.4, 0.5) is 15.0 Å². The maximum atomic E-state index is 13.8. The minimum atomic E-state index is -0.514. The van der Waals surface area contributed by atoms with E-state index in [9.17, 15) is 19.2 Å². The van der Waals surface area contributed by atoms with Gasteiger partial charge in [-0.3, -0.25) is 4.79 Å². The molecular formula is C27H25ClFN5O3. The summed E-state index contributed by atoms with van der Waals surface area (Å²) in [6, 6.07) is 15.2. The average Bonchev–Trinajstić information content (AvgIpc) is 2.91. The van der Waals surface area contributed by atoms with E-state index in [1.165, 1.54) is 11.0 Å². The van der Waals surface area contributed by atoms with E-state index in [-0.39, 0.29) is 12.5 Å². The first kappa shape index (κ1) is 25.9. The van der Waals surface area contributed by atoms with Crippen molar-refractivity contribution in [3.05, 3.63) is 82.3 Å². The second kappa shape index (κ2) is 11.3. The van der Waals surface area contributed by atoms with Crippen molar-refractivity contribution in [3.63, 3.8) is 0 Å². The summed E-state index contributed by atoms with van der Waals surface area (Å²) < 4.78 is 19.0. The smallest absolute Gasteiger partial charge is 0.410 e. The Bertz CT molecular complexity index is 1370. The molecule has 0 atom stereocenters. The number of nitrogens with zero attached hydrogens (tertiary/aromatic N) is 5. The zero-order valence-corrected chi connectivity index (χ0v) is 21.2. The van der Waals surface area contributed by atoms with Gasteiger partial charge in [-0.1, -0.05) is 35.9 Å². The molecule has 1 aliphatic heterocycles. The molecule has 3 aromatic rings.